The molecule has 5 nitrogen and oxygen atoms in total. The van der Waals surface area contributed by atoms with Gasteiger partial charge >= 0.3 is 5.97 Å². The first-order valence-corrected chi connectivity index (χ1v) is 6.58. The van der Waals surface area contributed by atoms with E-state index in [1.807, 2.05) is 0 Å². The zero-order valence-electron chi connectivity index (χ0n) is 11.6. The summed E-state index contributed by atoms with van der Waals surface area (Å²) in [5.41, 5.74) is 5.54. The molecule has 0 aliphatic carbocycles. The third kappa shape index (κ3) is 8.06. The Balaban J connectivity index is 3.97. The van der Waals surface area contributed by atoms with Gasteiger partial charge < -0.3 is 16.2 Å². The molecule has 4 N–H and O–H groups in total. The van der Waals surface area contributed by atoms with Crippen LogP contribution < -0.4 is 11.1 Å². The van der Waals surface area contributed by atoms with Gasteiger partial charge in [0, 0.05) is 12.5 Å². The number of carbonyl (C=O) groups is 2. The van der Waals surface area contributed by atoms with E-state index in [-0.39, 0.29) is 18.4 Å². The van der Waals surface area contributed by atoms with E-state index in [2.05, 4.69) is 19.2 Å². The van der Waals surface area contributed by atoms with E-state index in [1.165, 1.54) is 0 Å². The molecule has 2 unspecified atom stereocenters. The van der Waals surface area contributed by atoms with Gasteiger partial charge in [-0.05, 0) is 38.1 Å². The van der Waals surface area contributed by atoms with Crippen LogP contribution in [0.4, 0.5) is 0 Å². The molecule has 0 aromatic rings. The minimum Gasteiger partial charge on any atom is -0.481 e. The summed E-state index contributed by atoms with van der Waals surface area (Å²) < 4.78 is 0. The first-order valence-electron chi connectivity index (χ1n) is 6.58. The van der Waals surface area contributed by atoms with Gasteiger partial charge in [-0.2, -0.15) is 0 Å². The number of rotatable bonds is 9. The van der Waals surface area contributed by atoms with Gasteiger partial charge in [0.2, 0.25) is 5.91 Å². The number of aliphatic carboxylic acids is 1. The molecule has 0 aliphatic heterocycles. The van der Waals surface area contributed by atoms with Crippen LogP contribution in [0.15, 0.2) is 0 Å². The summed E-state index contributed by atoms with van der Waals surface area (Å²) >= 11 is 0. The van der Waals surface area contributed by atoms with Crippen LogP contribution in [-0.4, -0.2) is 29.6 Å². The topological polar surface area (TPSA) is 92.4 Å². The van der Waals surface area contributed by atoms with Crippen molar-refractivity contribution in [3.63, 3.8) is 0 Å². The second-order valence-electron chi connectivity index (χ2n) is 5.19. The standard InChI is InChI=1S/C13H26N2O3/c1-9(2)11(6-7-14)4-5-12(16)15-10(3)8-13(17)18/h9-11H,4-8,14H2,1-3H3,(H,15,16)(H,17,18). The Kier molecular flexibility index (Phi) is 8.37. The van der Waals surface area contributed by atoms with Crippen LogP contribution in [0.25, 0.3) is 0 Å². The van der Waals surface area contributed by atoms with E-state index < -0.39 is 5.97 Å². The van der Waals surface area contributed by atoms with Crippen LogP contribution in [-0.2, 0) is 9.59 Å². The van der Waals surface area contributed by atoms with Gasteiger partial charge in [-0.1, -0.05) is 13.8 Å². The van der Waals surface area contributed by atoms with Gasteiger partial charge in [0.1, 0.15) is 0 Å². The van der Waals surface area contributed by atoms with Gasteiger partial charge in [-0.25, -0.2) is 0 Å². The van der Waals surface area contributed by atoms with Crippen molar-refractivity contribution in [2.75, 3.05) is 6.54 Å². The first-order chi connectivity index (χ1) is 8.36. The molecule has 0 rings (SSSR count). The highest BCUT2D eigenvalue weighted by Crippen LogP contribution is 2.20. The lowest BCUT2D eigenvalue weighted by Gasteiger charge is -2.20. The van der Waals surface area contributed by atoms with Crippen molar-refractivity contribution in [2.45, 2.75) is 52.5 Å². The monoisotopic (exact) mass is 258 g/mol. The van der Waals surface area contributed by atoms with Crippen LogP contribution in [0.5, 0.6) is 0 Å². The minimum absolute atomic E-state index is 0.0395. The van der Waals surface area contributed by atoms with E-state index >= 15 is 0 Å². The van der Waals surface area contributed by atoms with Gasteiger partial charge in [0.15, 0.2) is 0 Å². The van der Waals surface area contributed by atoms with Crippen LogP contribution in [0.3, 0.4) is 0 Å². The Hall–Kier alpha value is -1.10. The maximum Gasteiger partial charge on any atom is 0.305 e. The van der Waals surface area contributed by atoms with Crippen molar-refractivity contribution in [1.29, 1.82) is 0 Å². The van der Waals surface area contributed by atoms with Gasteiger partial charge in [0.25, 0.3) is 0 Å². The number of hydrogen-bond donors (Lipinski definition) is 3. The second-order valence-corrected chi connectivity index (χ2v) is 5.19. The van der Waals surface area contributed by atoms with Crippen LogP contribution >= 0.6 is 0 Å². The Morgan fingerprint density at radius 1 is 1.22 bits per heavy atom. The molecule has 0 saturated carbocycles. The van der Waals surface area contributed by atoms with Crippen molar-refractivity contribution >= 4 is 11.9 Å². The summed E-state index contributed by atoms with van der Waals surface area (Å²) in [6.45, 7) is 6.60. The Labute approximate surface area is 109 Å². The molecule has 5 heteroatoms. The highest BCUT2D eigenvalue weighted by atomic mass is 16.4. The maximum absolute atomic E-state index is 11.6. The van der Waals surface area contributed by atoms with E-state index in [4.69, 9.17) is 10.8 Å². The third-order valence-electron chi connectivity index (χ3n) is 3.11. The first kappa shape index (κ1) is 16.9. The second kappa shape index (κ2) is 8.91. The fourth-order valence-electron chi connectivity index (χ4n) is 2.00. The number of carbonyl (C=O) groups excluding carboxylic acids is 1. The molecule has 1 amide bonds. The van der Waals surface area contributed by atoms with E-state index in [1.54, 1.807) is 6.92 Å². The molecule has 18 heavy (non-hydrogen) atoms. The minimum atomic E-state index is -0.897. The van der Waals surface area contributed by atoms with Crippen LogP contribution in [0.2, 0.25) is 0 Å². The van der Waals surface area contributed by atoms with Crippen LogP contribution in [0.1, 0.15) is 46.5 Å². The van der Waals surface area contributed by atoms with Crippen LogP contribution in [0, 0.1) is 11.8 Å². The largest absolute Gasteiger partial charge is 0.481 e. The fourth-order valence-corrected chi connectivity index (χ4v) is 2.00. The zero-order valence-corrected chi connectivity index (χ0v) is 11.6. The van der Waals surface area contributed by atoms with Crippen molar-refractivity contribution in [1.82, 2.24) is 5.32 Å². The lowest BCUT2D eigenvalue weighted by Crippen LogP contribution is -2.34. The molecular weight excluding hydrogens is 232 g/mol. The molecule has 106 valence electrons. The fraction of sp³-hybridized carbons (Fsp3) is 0.846. The molecule has 0 aromatic carbocycles. The van der Waals surface area contributed by atoms with Crippen molar-refractivity contribution in [3.05, 3.63) is 0 Å². The van der Waals surface area contributed by atoms with Crippen molar-refractivity contribution in [3.8, 4) is 0 Å². The lowest BCUT2D eigenvalue weighted by atomic mass is 9.88. The SMILES string of the molecule is CC(CC(=O)O)NC(=O)CCC(CCN)C(C)C. The predicted molar refractivity (Wildman–Crippen MR) is 71.1 cm³/mol. The Bertz CT molecular complexity index is 267. The molecule has 0 bridgehead atoms. The maximum atomic E-state index is 11.6. The summed E-state index contributed by atoms with van der Waals surface area (Å²) in [6.07, 6.45) is 2.13. The predicted octanol–water partition coefficient (Wildman–Crippen LogP) is 1.37. The molecule has 0 fully saturated rings. The average molecular weight is 258 g/mol. The average Bonchev–Trinajstić information content (AvgIpc) is 2.22. The normalized spacial score (nSPS) is 14.3. The van der Waals surface area contributed by atoms with E-state index in [0.29, 0.717) is 24.8 Å². The number of amides is 1. The van der Waals surface area contributed by atoms with E-state index in [0.717, 1.165) is 12.8 Å². The number of carboxylic acid groups (broad SMARTS) is 1. The summed E-state index contributed by atoms with van der Waals surface area (Å²) in [4.78, 5) is 22.1. The summed E-state index contributed by atoms with van der Waals surface area (Å²) in [6, 6.07) is -0.318. The zero-order chi connectivity index (χ0) is 14.1. The van der Waals surface area contributed by atoms with Gasteiger partial charge in [-0.15, -0.1) is 0 Å². The number of nitrogens with two attached hydrogens (primary N) is 1. The Morgan fingerprint density at radius 2 is 1.83 bits per heavy atom. The van der Waals surface area contributed by atoms with Gasteiger partial charge in [0.05, 0.1) is 6.42 Å². The molecule has 2 atom stereocenters. The molecule has 0 radical (unpaired) electrons. The van der Waals surface area contributed by atoms with Crippen molar-refractivity contribution < 1.29 is 14.7 Å². The molecule has 0 aliphatic rings. The number of nitrogens with one attached hydrogen (secondary N) is 1. The highest BCUT2D eigenvalue weighted by molar-refractivity contribution is 5.77. The summed E-state index contributed by atoms with van der Waals surface area (Å²) in [5, 5.41) is 11.3. The number of hydrogen-bond acceptors (Lipinski definition) is 3. The molecule has 0 spiro atoms. The summed E-state index contributed by atoms with van der Waals surface area (Å²) in [5.74, 6) is -0.00858. The quantitative estimate of drug-likeness (QED) is 0.582. The smallest absolute Gasteiger partial charge is 0.305 e. The Morgan fingerprint density at radius 3 is 2.28 bits per heavy atom. The highest BCUT2D eigenvalue weighted by Gasteiger charge is 2.16. The molecule has 0 heterocycles. The van der Waals surface area contributed by atoms with Gasteiger partial charge in [-0.3, -0.25) is 9.59 Å². The lowest BCUT2D eigenvalue weighted by molar-refractivity contribution is -0.137. The molecule has 0 saturated heterocycles. The molecular formula is C13H26N2O3. The van der Waals surface area contributed by atoms with Crippen molar-refractivity contribution in [2.24, 2.45) is 17.6 Å². The third-order valence-corrected chi connectivity index (χ3v) is 3.11. The summed E-state index contributed by atoms with van der Waals surface area (Å²) in [7, 11) is 0. The number of carboxylic acids is 1. The van der Waals surface area contributed by atoms with E-state index in [9.17, 15) is 9.59 Å². The molecule has 0 aromatic heterocycles.